The van der Waals surface area contributed by atoms with Crippen molar-refractivity contribution in [2.24, 2.45) is 11.3 Å². The van der Waals surface area contributed by atoms with Crippen molar-refractivity contribution >= 4 is 6.09 Å². The smallest absolute Gasteiger partial charge is 0.407 e. The van der Waals surface area contributed by atoms with Gasteiger partial charge in [-0.2, -0.15) is 0 Å². The van der Waals surface area contributed by atoms with Crippen molar-refractivity contribution in [3.63, 3.8) is 0 Å². The molecule has 0 aromatic heterocycles. The number of hydrogen-bond donors (Lipinski definition) is 2. The van der Waals surface area contributed by atoms with E-state index in [1.165, 1.54) is 0 Å². The van der Waals surface area contributed by atoms with Crippen LogP contribution in [0, 0.1) is 11.3 Å². The molecule has 1 amide bonds. The highest BCUT2D eigenvalue weighted by molar-refractivity contribution is 5.68. The van der Waals surface area contributed by atoms with Crippen molar-refractivity contribution in [3.8, 4) is 0 Å². The molecule has 22 heavy (non-hydrogen) atoms. The molecule has 1 saturated heterocycles. The Morgan fingerprint density at radius 1 is 1.18 bits per heavy atom. The molecule has 5 nitrogen and oxygen atoms in total. The second-order valence-electron chi connectivity index (χ2n) is 8.78. The molecule has 0 bridgehead atoms. The van der Waals surface area contributed by atoms with Crippen molar-refractivity contribution < 1.29 is 14.3 Å². The van der Waals surface area contributed by atoms with E-state index in [0.717, 1.165) is 26.0 Å². The standard InChI is InChI=1S/C17H32N2O3/c1-16(2,3)10-18-13-12(11-8-7-9-21-14(11)13)19-15(20)22-17(4,5)6/h11-14,18H,7-10H2,1-6H3,(H,19,20). The molecule has 2 rings (SSSR count). The van der Waals surface area contributed by atoms with E-state index < -0.39 is 5.60 Å². The zero-order valence-electron chi connectivity index (χ0n) is 14.9. The van der Waals surface area contributed by atoms with Crippen molar-refractivity contribution in [2.45, 2.75) is 78.2 Å². The Balaban J connectivity index is 1.94. The van der Waals surface area contributed by atoms with Crippen LogP contribution in [-0.4, -0.2) is 43.0 Å². The summed E-state index contributed by atoms with van der Waals surface area (Å²) in [4.78, 5) is 12.1. The van der Waals surface area contributed by atoms with Crippen LogP contribution in [0.1, 0.15) is 54.4 Å². The maximum atomic E-state index is 12.1. The SMILES string of the molecule is CC(C)(C)CNC1C(NC(=O)OC(C)(C)C)C2CCCOC21. The van der Waals surface area contributed by atoms with Crippen LogP contribution in [-0.2, 0) is 9.47 Å². The van der Waals surface area contributed by atoms with Gasteiger partial charge in [0.1, 0.15) is 5.60 Å². The molecule has 4 atom stereocenters. The Hall–Kier alpha value is -0.810. The van der Waals surface area contributed by atoms with Crippen LogP contribution < -0.4 is 10.6 Å². The molecular weight excluding hydrogens is 280 g/mol. The maximum absolute atomic E-state index is 12.1. The number of alkyl carbamates (subject to hydrolysis) is 1. The van der Waals surface area contributed by atoms with E-state index in [2.05, 4.69) is 31.4 Å². The molecular formula is C17H32N2O3. The maximum Gasteiger partial charge on any atom is 0.407 e. The Morgan fingerprint density at radius 3 is 2.45 bits per heavy atom. The van der Waals surface area contributed by atoms with Crippen LogP contribution in [0.3, 0.4) is 0 Å². The van der Waals surface area contributed by atoms with Gasteiger partial charge in [0.25, 0.3) is 0 Å². The van der Waals surface area contributed by atoms with Gasteiger partial charge in [-0.05, 0) is 39.0 Å². The fraction of sp³-hybridized carbons (Fsp3) is 0.941. The minimum Gasteiger partial charge on any atom is -0.444 e. The van der Waals surface area contributed by atoms with Gasteiger partial charge in [0.05, 0.1) is 18.2 Å². The van der Waals surface area contributed by atoms with E-state index in [0.29, 0.717) is 5.92 Å². The summed E-state index contributed by atoms with van der Waals surface area (Å²) in [6, 6.07) is 0.277. The third-order valence-corrected chi connectivity index (χ3v) is 4.17. The van der Waals surface area contributed by atoms with Crippen molar-refractivity contribution in [3.05, 3.63) is 0 Å². The summed E-state index contributed by atoms with van der Waals surface area (Å²) in [7, 11) is 0. The zero-order chi connectivity index (χ0) is 16.5. The first-order valence-electron chi connectivity index (χ1n) is 8.41. The number of amides is 1. The number of carbonyl (C=O) groups excluding carboxylic acids is 1. The number of nitrogens with one attached hydrogen (secondary N) is 2. The summed E-state index contributed by atoms with van der Waals surface area (Å²) < 4.78 is 11.3. The summed E-state index contributed by atoms with van der Waals surface area (Å²) in [5.74, 6) is 0.402. The minimum absolute atomic E-state index is 0.0995. The minimum atomic E-state index is -0.468. The molecule has 0 aromatic carbocycles. The van der Waals surface area contributed by atoms with E-state index in [9.17, 15) is 4.79 Å². The predicted octanol–water partition coefficient (Wildman–Crippen LogP) is 2.69. The second kappa shape index (κ2) is 6.36. The Bertz CT molecular complexity index is 398. The van der Waals surface area contributed by atoms with Crippen molar-refractivity contribution in [1.29, 1.82) is 0 Å². The predicted molar refractivity (Wildman–Crippen MR) is 86.9 cm³/mol. The lowest BCUT2D eigenvalue weighted by atomic mass is 9.68. The van der Waals surface area contributed by atoms with E-state index in [1.807, 2.05) is 20.8 Å². The number of carbonyl (C=O) groups is 1. The molecule has 1 aliphatic heterocycles. The average molecular weight is 312 g/mol. The summed E-state index contributed by atoms with van der Waals surface area (Å²) in [6.45, 7) is 14.0. The Labute approximate surface area is 134 Å². The third kappa shape index (κ3) is 4.59. The highest BCUT2D eigenvalue weighted by Crippen LogP contribution is 2.38. The first-order chi connectivity index (χ1) is 10.1. The van der Waals surface area contributed by atoms with Crippen molar-refractivity contribution in [2.75, 3.05) is 13.2 Å². The number of ether oxygens (including phenoxy) is 2. The summed E-state index contributed by atoms with van der Waals surface area (Å²) in [6.07, 6.45) is 2.07. The highest BCUT2D eigenvalue weighted by Gasteiger charge is 2.53. The second-order valence-corrected chi connectivity index (χ2v) is 8.78. The highest BCUT2D eigenvalue weighted by atomic mass is 16.6. The monoisotopic (exact) mass is 312 g/mol. The van der Waals surface area contributed by atoms with Crippen LogP contribution in [0.5, 0.6) is 0 Å². The number of rotatable bonds is 3. The Kier molecular flexibility index (Phi) is 5.07. The van der Waals surface area contributed by atoms with E-state index in [4.69, 9.17) is 9.47 Å². The molecule has 2 N–H and O–H groups in total. The number of fused-ring (bicyclic) bond motifs is 1. The first-order valence-corrected chi connectivity index (χ1v) is 8.41. The van der Waals surface area contributed by atoms with Crippen LogP contribution in [0.25, 0.3) is 0 Å². The molecule has 1 aliphatic carbocycles. The van der Waals surface area contributed by atoms with E-state index in [-0.39, 0.29) is 29.7 Å². The van der Waals surface area contributed by atoms with E-state index in [1.54, 1.807) is 0 Å². The van der Waals surface area contributed by atoms with Gasteiger partial charge >= 0.3 is 6.09 Å². The molecule has 128 valence electrons. The summed E-state index contributed by atoms with van der Waals surface area (Å²) >= 11 is 0. The van der Waals surface area contributed by atoms with Crippen LogP contribution >= 0.6 is 0 Å². The molecule has 2 aliphatic rings. The van der Waals surface area contributed by atoms with Gasteiger partial charge in [-0.15, -0.1) is 0 Å². The molecule has 0 aromatic rings. The molecule has 5 heteroatoms. The quantitative estimate of drug-likeness (QED) is 0.841. The zero-order valence-corrected chi connectivity index (χ0v) is 14.9. The summed E-state index contributed by atoms with van der Waals surface area (Å²) in [5, 5.41) is 6.64. The van der Waals surface area contributed by atoms with Gasteiger partial charge < -0.3 is 20.1 Å². The summed E-state index contributed by atoms with van der Waals surface area (Å²) in [5.41, 5.74) is -0.263. The fourth-order valence-electron chi connectivity index (χ4n) is 3.21. The lowest BCUT2D eigenvalue weighted by molar-refractivity contribution is -0.129. The van der Waals surface area contributed by atoms with Gasteiger partial charge in [-0.25, -0.2) is 4.79 Å². The van der Waals surface area contributed by atoms with Gasteiger partial charge in [-0.3, -0.25) is 0 Å². The number of hydrogen-bond acceptors (Lipinski definition) is 4. The van der Waals surface area contributed by atoms with Crippen LogP contribution in [0.4, 0.5) is 4.79 Å². The lowest BCUT2D eigenvalue weighted by Crippen LogP contribution is -2.73. The van der Waals surface area contributed by atoms with Crippen molar-refractivity contribution in [1.82, 2.24) is 10.6 Å². The van der Waals surface area contributed by atoms with Gasteiger partial charge in [0.2, 0.25) is 0 Å². The van der Waals surface area contributed by atoms with Crippen LogP contribution in [0.15, 0.2) is 0 Å². The molecule has 1 saturated carbocycles. The molecule has 2 fully saturated rings. The van der Waals surface area contributed by atoms with Gasteiger partial charge in [0.15, 0.2) is 0 Å². The third-order valence-electron chi connectivity index (χ3n) is 4.17. The molecule has 1 heterocycles. The molecule has 0 spiro atoms. The average Bonchev–Trinajstić information content (AvgIpc) is 2.33. The largest absolute Gasteiger partial charge is 0.444 e. The van der Waals surface area contributed by atoms with Crippen LogP contribution in [0.2, 0.25) is 0 Å². The van der Waals surface area contributed by atoms with E-state index >= 15 is 0 Å². The molecule has 4 unspecified atom stereocenters. The fourth-order valence-corrected chi connectivity index (χ4v) is 3.21. The lowest BCUT2D eigenvalue weighted by Gasteiger charge is -2.54. The van der Waals surface area contributed by atoms with Gasteiger partial charge in [-0.1, -0.05) is 20.8 Å². The first kappa shape index (κ1) is 17.5. The topological polar surface area (TPSA) is 59.6 Å². The molecule has 0 radical (unpaired) electrons. The Morgan fingerprint density at radius 2 is 1.86 bits per heavy atom. The normalized spacial score (nSPS) is 31.9. The van der Waals surface area contributed by atoms with Gasteiger partial charge in [0, 0.05) is 19.1 Å².